The Morgan fingerprint density at radius 1 is 1.14 bits per heavy atom. The first-order valence-corrected chi connectivity index (χ1v) is 8.19. The van der Waals surface area contributed by atoms with Gasteiger partial charge in [0.05, 0.1) is 0 Å². The second kappa shape index (κ2) is 6.53. The number of nitrogens with one attached hydrogen (secondary N) is 1. The van der Waals surface area contributed by atoms with Gasteiger partial charge < -0.3 is 20.0 Å². The highest BCUT2D eigenvalue weighted by Crippen LogP contribution is 2.36. The summed E-state index contributed by atoms with van der Waals surface area (Å²) in [6.45, 7) is 0.829. The lowest BCUT2D eigenvalue weighted by Gasteiger charge is -2.49. The van der Waals surface area contributed by atoms with E-state index in [0.717, 1.165) is 19.4 Å². The van der Waals surface area contributed by atoms with Gasteiger partial charge >= 0.3 is 6.03 Å². The van der Waals surface area contributed by atoms with Crippen molar-refractivity contribution in [1.82, 2.24) is 20.0 Å². The van der Waals surface area contributed by atoms with Crippen molar-refractivity contribution >= 4 is 6.03 Å². The molecule has 0 heterocycles. The molecule has 0 bridgehead atoms. The Balaban J connectivity index is 1.81. The minimum absolute atomic E-state index is 0.0903. The van der Waals surface area contributed by atoms with Gasteiger partial charge in [0.1, 0.15) is 0 Å². The van der Waals surface area contributed by atoms with Crippen LogP contribution in [0.25, 0.3) is 0 Å². The molecule has 0 unspecified atom stereocenters. The Labute approximate surface area is 129 Å². The van der Waals surface area contributed by atoms with E-state index in [1.54, 1.807) is 0 Å². The van der Waals surface area contributed by atoms with Gasteiger partial charge in [0, 0.05) is 31.2 Å². The summed E-state index contributed by atoms with van der Waals surface area (Å²) in [4.78, 5) is 18.8. The van der Waals surface area contributed by atoms with E-state index in [2.05, 4.69) is 43.3 Å². The molecule has 122 valence electrons. The molecule has 2 atom stereocenters. The molecule has 0 aromatic carbocycles. The van der Waals surface area contributed by atoms with Gasteiger partial charge in [-0.15, -0.1) is 0 Å². The predicted octanol–water partition coefficient (Wildman–Crippen LogP) is 1.59. The highest BCUT2D eigenvalue weighted by molar-refractivity contribution is 5.74. The Bertz CT molecular complexity index is 365. The molecule has 5 nitrogen and oxygen atoms in total. The lowest BCUT2D eigenvalue weighted by Crippen LogP contribution is -2.58. The van der Waals surface area contributed by atoms with Crippen LogP contribution >= 0.6 is 0 Å². The smallest absolute Gasteiger partial charge is 0.317 e. The highest BCUT2D eigenvalue weighted by Gasteiger charge is 2.41. The number of nitrogens with zero attached hydrogens (tertiary/aromatic N) is 3. The van der Waals surface area contributed by atoms with Gasteiger partial charge in [0.25, 0.3) is 0 Å². The van der Waals surface area contributed by atoms with Crippen LogP contribution < -0.4 is 5.32 Å². The molecule has 0 aromatic heterocycles. The van der Waals surface area contributed by atoms with E-state index in [1.165, 1.54) is 25.7 Å². The number of likely N-dealkylation sites (N-methyl/N-ethyl adjacent to an activating group) is 2. The standard InChI is InChI=1S/C16H32N4O/c1-18(2)14-8-7-13(11-14)17-15(21)20(5)12-16(19(3)4)9-6-10-16/h13-14H,6-12H2,1-5H3,(H,17,21)/t13-,14-/m1/s1. The molecule has 2 fully saturated rings. The Kier molecular flexibility index (Phi) is 5.15. The molecule has 0 spiro atoms. The summed E-state index contributed by atoms with van der Waals surface area (Å²) in [6, 6.07) is 1.04. The van der Waals surface area contributed by atoms with E-state index < -0.39 is 0 Å². The number of urea groups is 1. The normalized spacial score (nSPS) is 27.8. The zero-order chi connectivity index (χ0) is 15.6. The first-order valence-electron chi connectivity index (χ1n) is 8.19. The van der Waals surface area contributed by atoms with E-state index in [1.807, 2.05) is 11.9 Å². The fourth-order valence-corrected chi connectivity index (χ4v) is 3.69. The third-order valence-corrected chi connectivity index (χ3v) is 5.57. The van der Waals surface area contributed by atoms with Gasteiger partial charge in [-0.2, -0.15) is 0 Å². The first kappa shape index (κ1) is 16.6. The van der Waals surface area contributed by atoms with Gasteiger partial charge in [-0.1, -0.05) is 0 Å². The summed E-state index contributed by atoms with van der Waals surface area (Å²) in [6.07, 6.45) is 7.03. The van der Waals surface area contributed by atoms with Crippen molar-refractivity contribution < 1.29 is 4.79 Å². The molecular formula is C16H32N4O. The van der Waals surface area contributed by atoms with Crippen molar-refractivity contribution in [2.75, 3.05) is 41.8 Å². The van der Waals surface area contributed by atoms with Crippen molar-refractivity contribution in [3.63, 3.8) is 0 Å². The average Bonchev–Trinajstić information content (AvgIpc) is 2.81. The van der Waals surface area contributed by atoms with Crippen LogP contribution in [0, 0.1) is 0 Å². The average molecular weight is 296 g/mol. The molecule has 1 N–H and O–H groups in total. The largest absolute Gasteiger partial charge is 0.335 e. The second-order valence-electron chi connectivity index (χ2n) is 7.41. The van der Waals surface area contributed by atoms with Crippen molar-refractivity contribution in [3.8, 4) is 0 Å². The molecule has 2 rings (SSSR count). The lowest BCUT2D eigenvalue weighted by atomic mass is 9.75. The molecular weight excluding hydrogens is 264 g/mol. The van der Waals surface area contributed by atoms with Crippen LogP contribution in [0.4, 0.5) is 4.79 Å². The Hall–Kier alpha value is -0.810. The van der Waals surface area contributed by atoms with Crippen LogP contribution in [0.3, 0.4) is 0 Å². The third kappa shape index (κ3) is 3.69. The van der Waals surface area contributed by atoms with E-state index in [0.29, 0.717) is 12.1 Å². The fraction of sp³-hybridized carbons (Fsp3) is 0.938. The number of hydrogen-bond donors (Lipinski definition) is 1. The molecule has 2 aliphatic rings. The van der Waals surface area contributed by atoms with E-state index >= 15 is 0 Å². The van der Waals surface area contributed by atoms with Crippen molar-refractivity contribution in [2.45, 2.75) is 56.1 Å². The Morgan fingerprint density at radius 3 is 2.24 bits per heavy atom. The number of rotatable bonds is 5. The molecule has 0 saturated heterocycles. The second-order valence-corrected chi connectivity index (χ2v) is 7.41. The third-order valence-electron chi connectivity index (χ3n) is 5.57. The number of carbonyl (C=O) groups is 1. The zero-order valence-electron chi connectivity index (χ0n) is 14.4. The summed E-state index contributed by atoms with van der Waals surface area (Å²) in [5.41, 5.74) is 0.202. The molecule has 2 amide bonds. The molecule has 0 aliphatic heterocycles. The molecule has 0 aromatic rings. The van der Waals surface area contributed by atoms with Crippen LogP contribution in [-0.4, -0.2) is 80.1 Å². The predicted molar refractivity (Wildman–Crippen MR) is 86.5 cm³/mol. The topological polar surface area (TPSA) is 38.8 Å². The maximum Gasteiger partial charge on any atom is 0.317 e. The molecule has 21 heavy (non-hydrogen) atoms. The van der Waals surface area contributed by atoms with Gasteiger partial charge in [0.2, 0.25) is 0 Å². The zero-order valence-corrected chi connectivity index (χ0v) is 14.4. The van der Waals surface area contributed by atoms with Gasteiger partial charge in [-0.25, -0.2) is 4.79 Å². The van der Waals surface area contributed by atoms with Gasteiger partial charge in [-0.3, -0.25) is 0 Å². The summed E-state index contributed by atoms with van der Waals surface area (Å²) >= 11 is 0. The lowest BCUT2D eigenvalue weighted by molar-refractivity contribution is 0.0360. The molecule has 0 radical (unpaired) electrons. The van der Waals surface area contributed by atoms with Crippen LogP contribution in [0.5, 0.6) is 0 Å². The monoisotopic (exact) mass is 296 g/mol. The minimum atomic E-state index is 0.0903. The van der Waals surface area contributed by atoms with E-state index in [-0.39, 0.29) is 11.6 Å². The van der Waals surface area contributed by atoms with Crippen molar-refractivity contribution in [2.24, 2.45) is 0 Å². The highest BCUT2D eigenvalue weighted by atomic mass is 16.2. The molecule has 2 saturated carbocycles. The van der Waals surface area contributed by atoms with Crippen LogP contribution in [0.1, 0.15) is 38.5 Å². The van der Waals surface area contributed by atoms with Gasteiger partial charge in [-0.05, 0) is 66.7 Å². The minimum Gasteiger partial charge on any atom is -0.335 e. The fourth-order valence-electron chi connectivity index (χ4n) is 3.69. The van der Waals surface area contributed by atoms with Crippen LogP contribution in [0.2, 0.25) is 0 Å². The summed E-state index contributed by atoms with van der Waals surface area (Å²) in [7, 11) is 10.4. The van der Waals surface area contributed by atoms with Crippen molar-refractivity contribution in [3.05, 3.63) is 0 Å². The Morgan fingerprint density at radius 2 is 1.81 bits per heavy atom. The van der Waals surface area contributed by atoms with Crippen molar-refractivity contribution in [1.29, 1.82) is 0 Å². The quantitative estimate of drug-likeness (QED) is 0.837. The summed E-state index contributed by atoms with van der Waals surface area (Å²) in [5.74, 6) is 0. The maximum atomic E-state index is 12.4. The number of amides is 2. The molecule has 5 heteroatoms. The number of carbonyl (C=O) groups excluding carboxylic acids is 1. The summed E-state index contributed by atoms with van der Waals surface area (Å²) < 4.78 is 0. The summed E-state index contributed by atoms with van der Waals surface area (Å²) in [5, 5.41) is 3.21. The van der Waals surface area contributed by atoms with E-state index in [9.17, 15) is 4.79 Å². The van der Waals surface area contributed by atoms with E-state index in [4.69, 9.17) is 0 Å². The van der Waals surface area contributed by atoms with Crippen LogP contribution in [-0.2, 0) is 0 Å². The van der Waals surface area contributed by atoms with Gasteiger partial charge in [0.15, 0.2) is 0 Å². The SMILES string of the molecule is CN(CC1(N(C)C)CCC1)C(=O)N[C@@H]1CC[C@@H](N(C)C)C1. The van der Waals surface area contributed by atoms with Crippen LogP contribution in [0.15, 0.2) is 0 Å². The first-order chi connectivity index (χ1) is 9.84. The number of hydrogen-bond acceptors (Lipinski definition) is 3. The molecule has 2 aliphatic carbocycles. The maximum absolute atomic E-state index is 12.4.